The van der Waals surface area contributed by atoms with Crippen LogP contribution in [0.15, 0.2) is 0 Å². The summed E-state index contributed by atoms with van der Waals surface area (Å²) in [6.45, 7) is 4.15. The van der Waals surface area contributed by atoms with Crippen LogP contribution in [0.3, 0.4) is 0 Å². The Bertz CT molecular complexity index is 313. The molecule has 1 aliphatic carbocycles. The molecule has 2 atom stereocenters. The van der Waals surface area contributed by atoms with Crippen LogP contribution in [0.2, 0.25) is 0 Å². The number of rotatable bonds is 7. The Labute approximate surface area is 123 Å². The number of carbonyl (C=O) groups excluding carboxylic acids is 1. The van der Waals surface area contributed by atoms with E-state index < -0.39 is 0 Å². The summed E-state index contributed by atoms with van der Waals surface area (Å²) < 4.78 is 0. The maximum absolute atomic E-state index is 12.5. The van der Waals surface area contributed by atoms with Gasteiger partial charge in [-0.3, -0.25) is 10.1 Å². The zero-order valence-electron chi connectivity index (χ0n) is 13.4. The summed E-state index contributed by atoms with van der Waals surface area (Å²) in [5.41, 5.74) is 0. The first kappa shape index (κ1) is 15.8. The standard InChI is InChI=1S/C16H31N3O/c1-4-14-16(20)19(12-8-7-11-18(2)3)15(17-14)13-9-5-6-10-13/h13-15,17H,4-12H2,1-3H3. The first-order chi connectivity index (χ1) is 9.63. The molecule has 0 radical (unpaired) electrons. The smallest absolute Gasteiger partial charge is 0.241 e. The van der Waals surface area contributed by atoms with Gasteiger partial charge in [-0.1, -0.05) is 19.8 Å². The van der Waals surface area contributed by atoms with Gasteiger partial charge in [0, 0.05) is 6.54 Å². The molecule has 0 aromatic rings. The SMILES string of the molecule is CCC1NC(C2CCCC2)N(CCCCN(C)C)C1=O. The highest BCUT2D eigenvalue weighted by molar-refractivity contribution is 5.84. The summed E-state index contributed by atoms with van der Waals surface area (Å²) >= 11 is 0. The van der Waals surface area contributed by atoms with Crippen LogP contribution in [-0.2, 0) is 4.79 Å². The number of nitrogens with one attached hydrogen (secondary N) is 1. The van der Waals surface area contributed by atoms with Crippen molar-refractivity contribution in [1.82, 2.24) is 15.1 Å². The fraction of sp³-hybridized carbons (Fsp3) is 0.938. The number of nitrogens with zero attached hydrogens (tertiary/aromatic N) is 2. The maximum Gasteiger partial charge on any atom is 0.241 e. The van der Waals surface area contributed by atoms with E-state index in [9.17, 15) is 4.79 Å². The molecule has 1 N–H and O–H groups in total. The van der Waals surface area contributed by atoms with Crippen LogP contribution < -0.4 is 5.32 Å². The van der Waals surface area contributed by atoms with E-state index in [0.717, 1.165) is 25.9 Å². The second kappa shape index (κ2) is 7.41. The lowest BCUT2D eigenvalue weighted by molar-refractivity contribution is -0.130. The van der Waals surface area contributed by atoms with E-state index in [0.29, 0.717) is 18.0 Å². The highest BCUT2D eigenvalue weighted by atomic mass is 16.2. The van der Waals surface area contributed by atoms with Crippen molar-refractivity contribution in [3.05, 3.63) is 0 Å². The van der Waals surface area contributed by atoms with Gasteiger partial charge >= 0.3 is 0 Å². The van der Waals surface area contributed by atoms with E-state index in [1.165, 1.54) is 32.1 Å². The number of hydrogen-bond acceptors (Lipinski definition) is 3. The molecule has 0 bridgehead atoms. The molecule has 4 nitrogen and oxygen atoms in total. The zero-order chi connectivity index (χ0) is 14.5. The van der Waals surface area contributed by atoms with E-state index in [1.807, 2.05) is 0 Å². The van der Waals surface area contributed by atoms with Gasteiger partial charge < -0.3 is 9.80 Å². The first-order valence-electron chi connectivity index (χ1n) is 8.34. The third-order valence-electron chi connectivity index (χ3n) is 4.80. The van der Waals surface area contributed by atoms with Gasteiger partial charge in [0.15, 0.2) is 0 Å². The summed E-state index contributed by atoms with van der Waals surface area (Å²) in [6, 6.07) is 0.0643. The lowest BCUT2D eigenvalue weighted by Crippen LogP contribution is -2.43. The molecule has 2 fully saturated rings. The molecule has 116 valence electrons. The van der Waals surface area contributed by atoms with Crippen LogP contribution >= 0.6 is 0 Å². The Kier molecular flexibility index (Phi) is 5.85. The van der Waals surface area contributed by atoms with Crippen molar-refractivity contribution in [2.75, 3.05) is 27.2 Å². The molecule has 1 aliphatic heterocycles. The number of amides is 1. The van der Waals surface area contributed by atoms with Gasteiger partial charge in [-0.25, -0.2) is 0 Å². The minimum atomic E-state index is 0.0643. The average Bonchev–Trinajstić information content (AvgIpc) is 3.03. The third-order valence-corrected chi connectivity index (χ3v) is 4.80. The van der Waals surface area contributed by atoms with Crippen LogP contribution in [0, 0.1) is 5.92 Å². The monoisotopic (exact) mass is 281 g/mol. The van der Waals surface area contributed by atoms with Crippen molar-refractivity contribution < 1.29 is 4.79 Å². The topological polar surface area (TPSA) is 35.6 Å². The molecular weight excluding hydrogens is 250 g/mol. The quantitative estimate of drug-likeness (QED) is 0.726. The maximum atomic E-state index is 12.5. The molecule has 0 spiro atoms. The van der Waals surface area contributed by atoms with Crippen molar-refractivity contribution >= 4 is 5.91 Å². The van der Waals surface area contributed by atoms with Gasteiger partial charge in [-0.15, -0.1) is 0 Å². The summed E-state index contributed by atoms with van der Waals surface area (Å²) in [5.74, 6) is 1.03. The van der Waals surface area contributed by atoms with E-state index in [1.54, 1.807) is 0 Å². The van der Waals surface area contributed by atoms with Crippen LogP contribution in [0.25, 0.3) is 0 Å². The molecule has 1 saturated carbocycles. The summed E-state index contributed by atoms with van der Waals surface area (Å²) in [4.78, 5) is 16.9. The average molecular weight is 281 g/mol. The van der Waals surface area contributed by atoms with Crippen molar-refractivity contribution in [3.8, 4) is 0 Å². The minimum absolute atomic E-state index is 0.0643. The predicted molar refractivity (Wildman–Crippen MR) is 82.5 cm³/mol. The largest absolute Gasteiger partial charge is 0.326 e. The number of hydrogen-bond donors (Lipinski definition) is 1. The predicted octanol–water partition coefficient (Wildman–Crippen LogP) is 2.05. The normalized spacial score (nSPS) is 28.0. The lowest BCUT2D eigenvalue weighted by Gasteiger charge is -2.29. The number of carbonyl (C=O) groups is 1. The summed E-state index contributed by atoms with van der Waals surface area (Å²) in [5, 5.41) is 3.60. The Morgan fingerprint density at radius 2 is 1.95 bits per heavy atom. The molecule has 1 amide bonds. The van der Waals surface area contributed by atoms with Gasteiger partial charge in [-0.05, 0) is 58.7 Å². The van der Waals surface area contributed by atoms with Crippen molar-refractivity contribution in [1.29, 1.82) is 0 Å². The van der Waals surface area contributed by atoms with Gasteiger partial charge in [0.1, 0.15) is 0 Å². The zero-order valence-corrected chi connectivity index (χ0v) is 13.4. The highest BCUT2D eigenvalue weighted by Gasteiger charge is 2.41. The van der Waals surface area contributed by atoms with Gasteiger partial charge in [0.25, 0.3) is 0 Å². The Morgan fingerprint density at radius 3 is 2.55 bits per heavy atom. The fourth-order valence-electron chi connectivity index (χ4n) is 3.62. The number of unbranched alkanes of at least 4 members (excludes halogenated alkanes) is 1. The Hall–Kier alpha value is -0.610. The van der Waals surface area contributed by atoms with Crippen molar-refractivity contribution in [2.45, 2.75) is 64.1 Å². The molecular formula is C16H31N3O. The molecule has 1 heterocycles. The molecule has 0 aromatic heterocycles. The molecule has 2 rings (SSSR count). The lowest BCUT2D eigenvalue weighted by atomic mass is 10.0. The van der Waals surface area contributed by atoms with Crippen LogP contribution in [0.1, 0.15) is 51.9 Å². The highest BCUT2D eigenvalue weighted by Crippen LogP contribution is 2.32. The van der Waals surface area contributed by atoms with E-state index in [-0.39, 0.29) is 6.04 Å². The molecule has 0 aromatic carbocycles. The second-order valence-electron chi connectivity index (χ2n) is 6.66. The van der Waals surface area contributed by atoms with E-state index >= 15 is 0 Å². The van der Waals surface area contributed by atoms with Crippen molar-refractivity contribution in [2.24, 2.45) is 5.92 Å². The van der Waals surface area contributed by atoms with E-state index in [4.69, 9.17) is 0 Å². The second-order valence-corrected chi connectivity index (χ2v) is 6.66. The first-order valence-corrected chi connectivity index (χ1v) is 8.34. The molecule has 20 heavy (non-hydrogen) atoms. The Balaban J connectivity index is 1.89. The van der Waals surface area contributed by atoms with Gasteiger partial charge in [0.2, 0.25) is 5.91 Å². The third kappa shape index (κ3) is 3.73. The van der Waals surface area contributed by atoms with Crippen LogP contribution in [-0.4, -0.2) is 55.1 Å². The molecule has 2 unspecified atom stereocenters. The van der Waals surface area contributed by atoms with Crippen LogP contribution in [0.5, 0.6) is 0 Å². The summed E-state index contributed by atoms with van der Waals surface area (Å²) in [7, 11) is 4.22. The fourth-order valence-corrected chi connectivity index (χ4v) is 3.62. The Morgan fingerprint density at radius 1 is 1.25 bits per heavy atom. The molecule has 2 aliphatic rings. The van der Waals surface area contributed by atoms with Crippen molar-refractivity contribution in [3.63, 3.8) is 0 Å². The van der Waals surface area contributed by atoms with Gasteiger partial charge in [-0.2, -0.15) is 0 Å². The van der Waals surface area contributed by atoms with E-state index in [2.05, 4.69) is 36.1 Å². The van der Waals surface area contributed by atoms with Gasteiger partial charge in [0.05, 0.1) is 12.2 Å². The molecule has 1 saturated heterocycles. The molecule has 4 heteroatoms. The minimum Gasteiger partial charge on any atom is -0.326 e. The summed E-state index contributed by atoms with van der Waals surface area (Å²) in [6.07, 6.45) is 8.76. The van der Waals surface area contributed by atoms with Crippen LogP contribution in [0.4, 0.5) is 0 Å².